The number of carbonyl (C=O) groups excluding carboxylic acids is 1. The summed E-state index contributed by atoms with van der Waals surface area (Å²) in [5.41, 5.74) is 2.82. The highest BCUT2D eigenvalue weighted by Gasteiger charge is 2.27. The van der Waals surface area contributed by atoms with Gasteiger partial charge < -0.3 is 4.79 Å². The van der Waals surface area contributed by atoms with Crippen molar-refractivity contribution in [3.05, 3.63) is 29.3 Å². The second-order valence-electron chi connectivity index (χ2n) is 4.68. The summed E-state index contributed by atoms with van der Waals surface area (Å²) < 4.78 is 0. The first-order chi connectivity index (χ1) is 7.13. The van der Waals surface area contributed by atoms with Crippen LogP contribution in [0.3, 0.4) is 0 Å². The van der Waals surface area contributed by atoms with Gasteiger partial charge in [0.15, 0.2) is 0 Å². The number of hydrogen-bond acceptors (Lipinski definition) is 2. The zero-order chi connectivity index (χ0) is 10.9. The summed E-state index contributed by atoms with van der Waals surface area (Å²) in [5.74, 6) is 1.20. The number of rotatable bonds is 2. The molecule has 0 spiro atoms. The van der Waals surface area contributed by atoms with Crippen molar-refractivity contribution in [1.29, 1.82) is 0 Å². The van der Waals surface area contributed by atoms with Crippen molar-refractivity contribution < 1.29 is 4.79 Å². The quantitative estimate of drug-likeness (QED) is 0.712. The van der Waals surface area contributed by atoms with Crippen LogP contribution in [0.2, 0.25) is 0 Å². The SMILES string of the molecule is CC1(C)CCSc2ccc(CC=O)cc21. The van der Waals surface area contributed by atoms with Crippen LogP contribution in [0.25, 0.3) is 0 Å². The Morgan fingerprint density at radius 2 is 2.27 bits per heavy atom. The molecule has 0 aromatic heterocycles. The molecule has 0 unspecified atom stereocenters. The molecule has 1 aromatic carbocycles. The Balaban J connectivity index is 2.43. The monoisotopic (exact) mass is 220 g/mol. The first kappa shape index (κ1) is 10.7. The standard InChI is InChI=1S/C13H16OS/c1-13(2)6-8-15-12-4-3-10(5-7-14)9-11(12)13/h3-4,7,9H,5-6,8H2,1-2H3. The van der Waals surface area contributed by atoms with E-state index < -0.39 is 0 Å². The molecule has 0 bridgehead atoms. The summed E-state index contributed by atoms with van der Waals surface area (Å²) >= 11 is 1.93. The van der Waals surface area contributed by atoms with Crippen molar-refractivity contribution in [2.75, 3.05) is 5.75 Å². The molecular formula is C13H16OS. The summed E-state index contributed by atoms with van der Waals surface area (Å²) in [6.07, 6.45) is 2.73. The van der Waals surface area contributed by atoms with Gasteiger partial charge in [-0.2, -0.15) is 0 Å². The molecule has 0 saturated carbocycles. The molecule has 80 valence electrons. The maximum absolute atomic E-state index is 10.5. The highest BCUT2D eigenvalue weighted by Crippen LogP contribution is 2.41. The fourth-order valence-electron chi connectivity index (χ4n) is 2.01. The molecule has 2 rings (SSSR count). The average molecular weight is 220 g/mol. The highest BCUT2D eigenvalue weighted by atomic mass is 32.2. The third-order valence-electron chi connectivity index (χ3n) is 3.08. The van der Waals surface area contributed by atoms with E-state index in [4.69, 9.17) is 0 Å². The van der Waals surface area contributed by atoms with Gasteiger partial charge in [-0.3, -0.25) is 0 Å². The van der Waals surface area contributed by atoms with Crippen molar-refractivity contribution in [3.63, 3.8) is 0 Å². The summed E-state index contributed by atoms with van der Waals surface area (Å²) in [6.45, 7) is 4.58. The number of aldehydes is 1. The Bertz CT molecular complexity index is 382. The normalized spacial score (nSPS) is 18.3. The van der Waals surface area contributed by atoms with Gasteiger partial charge in [-0.1, -0.05) is 26.0 Å². The molecule has 0 saturated heterocycles. The molecule has 0 N–H and O–H groups in total. The van der Waals surface area contributed by atoms with Gasteiger partial charge in [-0.25, -0.2) is 0 Å². The van der Waals surface area contributed by atoms with E-state index in [0.717, 1.165) is 11.8 Å². The first-order valence-electron chi connectivity index (χ1n) is 5.33. The van der Waals surface area contributed by atoms with Gasteiger partial charge in [0.2, 0.25) is 0 Å². The van der Waals surface area contributed by atoms with Crippen molar-refractivity contribution in [3.8, 4) is 0 Å². The minimum absolute atomic E-state index is 0.263. The van der Waals surface area contributed by atoms with Crippen LogP contribution in [0.4, 0.5) is 0 Å². The Hall–Kier alpha value is -0.760. The largest absolute Gasteiger partial charge is 0.303 e. The van der Waals surface area contributed by atoms with E-state index in [1.54, 1.807) is 0 Å². The van der Waals surface area contributed by atoms with E-state index in [0.29, 0.717) is 6.42 Å². The molecule has 1 aliphatic rings. The molecule has 1 nitrogen and oxygen atoms in total. The molecule has 1 aromatic rings. The van der Waals surface area contributed by atoms with Crippen molar-refractivity contribution in [1.82, 2.24) is 0 Å². The second kappa shape index (κ2) is 4.01. The van der Waals surface area contributed by atoms with E-state index in [2.05, 4.69) is 32.0 Å². The minimum atomic E-state index is 0.263. The lowest BCUT2D eigenvalue weighted by Gasteiger charge is -2.32. The summed E-state index contributed by atoms with van der Waals surface area (Å²) in [7, 11) is 0. The second-order valence-corrected chi connectivity index (χ2v) is 5.82. The fraction of sp³-hybridized carbons (Fsp3) is 0.462. The van der Waals surface area contributed by atoms with Gasteiger partial charge in [0.25, 0.3) is 0 Å². The molecule has 0 amide bonds. The summed E-state index contributed by atoms with van der Waals surface area (Å²) in [4.78, 5) is 11.9. The lowest BCUT2D eigenvalue weighted by Crippen LogP contribution is -2.22. The number of fused-ring (bicyclic) bond motifs is 1. The predicted octanol–water partition coefficient (Wildman–Crippen LogP) is 3.20. The van der Waals surface area contributed by atoms with Crippen LogP contribution in [-0.4, -0.2) is 12.0 Å². The van der Waals surface area contributed by atoms with E-state index in [-0.39, 0.29) is 5.41 Å². The minimum Gasteiger partial charge on any atom is -0.303 e. The van der Waals surface area contributed by atoms with Crippen LogP contribution < -0.4 is 0 Å². The maximum atomic E-state index is 10.5. The van der Waals surface area contributed by atoms with Gasteiger partial charge in [-0.15, -0.1) is 11.8 Å². The molecule has 1 aliphatic heterocycles. The van der Waals surface area contributed by atoms with Gasteiger partial charge in [0.05, 0.1) is 0 Å². The van der Waals surface area contributed by atoms with E-state index in [9.17, 15) is 4.79 Å². The van der Waals surface area contributed by atoms with Crippen molar-refractivity contribution in [2.45, 2.75) is 37.0 Å². The lowest BCUT2D eigenvalue weighted by atomic mass is 9.81. The first-order valence-corrected chi connectivity index (χ1v) is 6.32. The molecule has 0 aliphatic carbocycles. The van der Waals surface area contributed by atoms with Gasteiger partial charge in [-0.05, 0) is 34.8 Å². The van der Waals surface area contributed by atoms with Crippen molar-refractivity contribution in [2.24, 2.45) is 0 Å². The Morgan fingerprint density at radius 3 is 3.00 bits per heavy atom. The Kier molecular flexibility index (Phi) is 2.87. The molecular weight excluding hydrogens is 204 g/mol. The smallest absolute Gasteiger partial charge is 0.124 e. The van der Waals surface area contributed by atoms with Crippen LogP contribution in [0.1, 0.15) is 31.4 Å². The average Bonchev–Trinajstić information content (AvgIpc) is 2.19. The van der Waals surface area contributed by atoms with Crippen LogP contribution >= 0.6 is 11.8 Å². The molecule has 0 atom stereocenters. The molecule has 0 radical (unpaired) electrons. The molecule has 15 heavy (non-hydrogen) atoms. The fourth-order valence-corrected chi connectivity index (χ4v) is 3.49. The number of carbonyl (C=O) groups is 1. The number of thioether (sulfide) groups is 1. The van der Waals surface area contributed by atoms with E-state index in [1.165, 1.54) is 22.6 Å². The number of benzene rings is 1. The van der Waals surface area contributed by atoms with Gasteiger partial charge in [0, 0.05) is 11.3 Å². The maximum Gasteiger partial charge on any atom is 0.124 e. The zero-order valence-corrected chi connectivity index (χ0v) is 10.1. The summed E-state index contributed by atoms with van der Waals surface area (Å²) in [5, 5.41) is 0. The van der Waals surface area contributed by atoms with Crippen LogP contribution in [-0.2, 0) is 16.6 Å². The number of hydrogen-bond donors (Lipinski definition) is 0. The molecule has 1 heterocycles. The van der Waals surface area contributed by atoms with Crippen LogP contribution in [0.5, 0.6) is 0 Å². The molecule has 2 heteroatoms. The topological polar surface area (TPSA) is 17.1 Å². The zero-order valence-electron chi connectivity index (χ0n) is 9.25. The third kappa shape index (κ3) is 2.10. The van der Waals surface area contributed by atoms with Gasteiger partial charge >= 0.3 is 0 Å². The summed E-state index contributed by atoms with van der Waals surface area (Å²) in [6, 6.07) is 6.44. The highest BCUT2D eigenvalue weighted by molar-refractivity contribution is 7.99. The van der Waals surface area contributed by atoms with Crippen LogP contribution in [0.15, 0.2) is 23.1 Å². The predicted molar refractivity (Wildman–Crippen MR) is 64.6 cm³/mol. The third-order valence-corrected chi connectivity index (χ3v) is 4.15. The van der Waals surface area contributed by atoms with Crippen molar-refractivity contribution >= 4 is 18.0 Å². The van der Waals surface area contributed by atoms with Gasteiger partial charge in [0.1, 0.15) is 6.29 Å². The lowest BCUT2D eigenvalue weighted by molar-refractivity contribution is -0.107. The Labute approximate surface area is 95.3 Å². The van der Waals surface area contributed by atoms with Crippen LogP contribution in [0, 0.1) is 0 Å². The van der Waals surface area contributed by atoms with E-state index >= 15 is 0 Å². The Morgan fingerprint density at radius 1 is 1.47 bits per heavy atom. The molecule has 0 fully saturated rings. The van der Waals surface area contributed by atoms with E-state index in [1.807, 2.05) is 11.8 Å².